The van der Waals surface area contributed by atoms with E-state index in [9.17, 15) is 9.59 Å². The fourth-order valence-corrected chi connectivity index (χ4v) is 1.88. The summed E-state index contributed by atoms with van der Waals surface area (Å²) in [6, 6.07) is 3.24. The van der Waals surface area contributed by atoms with Gasteiger partial charge in [-0.2, -0.15) is 0 Å². The molecule has 0 amide bonds. The molecule has 0 saturated carbocycles. The van der Waals surface area contributed by atoms with Crippen molar-refractivity contribution in [3.63, 3.8) is 0 Å². The van der Waals surface area contributed by atoms with Crippen molar-refractivity contribution in [2.24, 2.45) is 0 Å². The molecular weight excluding hydrogens is 248 g/mol. The molecule has 102 valence electrons. The summed E-state index contributed by atoms with van der Waals surface area (Å²) in [4.78, 5) is 23.2. The Morgan fingerprint density at radius 3 is 2.74 bits per heavy atom. The van der Waals surface area contributed by atoms with Crippen LogP contribution in [0.4, 0.5) is 0 Å². The van der Waals surface area contributed by atoms with Crippen LogP contribution in [0.25, 0.3) is 0 Å². The van der Waals surface area contributed by atoms with Crippen LogP contribution in [-0.4, -0.2) is 23.8 Å². The van der Waals surface area contributed by atoms with Gasteiger partial charge in [0, 0.05) is 0 Å². The maximum atomic E-state index is 12.0. The van der Waals surface area contributed by atoms with Crippen molar-refractivity contribution in [2.45, 2.75) is 39.4 Å². The van der Waals surface area contributed by atoms with Crippen LogP contribution in [-0.2, 0) is 14.3 Å². The number of carbonyl (C=O) groups is 2. The summed E-state index contributed by atoms with van der Waals surface area (Å²) in [5.74, 6) is 1.07. The minimum Gasteiger partial charge on any atom is -0.483 e. The first kappa shape index (κ1) is 13.4. The van der Waals surface area contributed by atoms with Gasteiger partial charge < -0.3 is 13.9 Å². The van der Waals surface area contributed by atoms with Gasteiger partial charge in [0.15, 0.2) is 23.8 Å². The lowest BCUT2D eigenvalue weighted by Crippen LogP contribution is -2.21. The highest BCUT2D eigenvalue weighted by molar-refractivity contribution is 5.96. The van der Waals surface area contributed by atoms with Gasteiger partial charge in [-0.1, -0.05) is 0 Å². The molecule has 0 N–H and O–H groups in total. The molecule has 5 heteroatoms. The maximum Gasteiger partial charge on any atom is 0.237 e. The predicted molar refractivity (Wildman–Crippen MR) is 66.5 cm³/mol. The quantitative estimate of drug-likeness (QED) is 0.764. The van der Waals surface area contributed by atoms with E-state index in [4.69, 9.17) is 13.9 Å². The topological polar surface area (TPSA) is 65.7 Å². The SMILES string of the molecule is CC(=O)C1CC(OC(C)C(=O)c2ccco2)=C(C)O1. The van der Waals surface area contributed by atoms with Crippen molar-refractivity contribution in [1.82, 2.24) is 0 Å². The van der Waals surface area contributed by atoms with Crippen LogP contribution < -0.4 is 0 Å². The summed E-state index contributed by atoms with van der Waals surface area (Å²) >= 11 is 0. The second-order valence-electron chi connectivity index (χ2n) is 4.50. The highest BCUT2D eigenvalue weighted by Gasteiger charge is 2.30. The first-order valence-electron chi connectivity index (χ1n) is 6.10. The van der Waals surface area contributed by atoms with E-state index in [1.165, 1.54) is 13.2 Å². The number of rotatable bonds is 5. The number of carbonyl (C=O) groups excluding carboxylic acids is 2. The van der Waals surface area contributed by atoms with Gasteiger partial charge in [-0.25, -0.2) is 0 Å². The number of ether oxygens (including phenoxy) is 2. The summed E-state index contributed by atoms with van der Waals surface area (Å²) in [6.07, 6.45) is 0.637. The molecule has 0 saturated heterocycles. The number of ketones is 2. The van der Waals surface area contributed by atoms with E-state index in [0.29, 0.717) is 17.9 Å². The fraction of sp³-hybridized carbons (Fsp3) is 0.429. The van der Waals surface area contributed by atoms with Gasteiger partial charge in [0.25, 0.3) is 0 Å². The molecule has 0 radical (unpaired) electrons. The Hall–Kier alpha value is -2.04. The van der Waals surface area contributed by atoms with Crippen molar-refractivity contribution in [2.75, 3.05) is 0 Å². The Bertz CT molecular complexity index is 512. The Kier molecular flexibility index (Phi) is 3.74. The Morgan fingerprint density at radius 1 is 1.47 bits per heavy atom. The Morgan fingerprint density at radius 2 is 2.21 bits per heavy atom. The highest BCUT2D eigenvalue weighted by atomic mass is 16.5. The molecule has 1 aromatic heterocycles. The van der Waals surface area contributed by atoms with Crippen LogP contribution in [0.2, 0.25) is 0 Å². The second kappa shape index (κ2) is 5.30. The van der Waals surface area contributed by atoms with Crippen molar-refractivity contribution < 1.29 is 23.5 Å². The average Bonchev–Trinajstić information content (AvgIpc) is 2.99. The predicted octanol–water partition coefficient (Wildman–Crippen LogP) is 2.48. The molecule has 1 aliphatic rings. The normalized spacial score (nSPS) is 20.1. The largest absolute Gasteiger partial charge is 0.483 e. The fourth-order valence-electron chi connectivity index (χ4n) is 1.88. The van der Waals surface area contributed by atoms with E-state index in [1.54, 1.807) is 26.0 Å². The lowest BCUT2D eigenvalue weighted by atomic mass is 10.1. The van der Waals surface area contributed by atoms with Gasteiger partial charge in [-0.05, 0) is 32.9 Å². The third-order valence-corrected chi connectivity index (χ3v) is 2.99. The standard InChI is InChI=1S/C14H16O5/c1-8(15)12-7-13(9(2)18-12)19-10(3)14(16)11-5-4-6-17-11/h4-6,10,12H,7H2,1-3H3. The maximum absolute atomic E-state index is 12.0. The van der Waals surface area contributed by atoms with Crippen molar-refractivity contribution in [1.29, 1.82) is 0 Å². The van der Waals surface area contributed by atoms with Gasteiger partial charge in [0.1, 0.15) is 11.5 Å². The molecule has 1 aliphatic heterocycles. The zero-order chi connectivity index (χ0) is 14.0. The molecule has 2 atom stereocenters. The van der Waals surface area contributed by atoms with E-state index in [-0.39, 0.29) is 17.3 Å². The number of hydrogen-bond donors (Lipinski definition) is 0. The lowest BCUT2D eigenvalue weighted by Gasteiger charge is -2.13. The van der Waals surface area contributed by atoms with E-state index in [2.05, 4.69) is 0 Å². The molecule has 2 unspecified atom stereocenters. The molecule has 2 rings (SSSR count). The molecule has 0 bridgehead atoms. The molecule has 0 spiro atoms. The van der Waals surface area contributed by atoms with E-state index in [1.807, 2.05) is 0 Å². The third kappa shape index (κ3) is 2.86. The summed E-state index contributed by atoms with van der Waals surface area (Å²) < 4.78 is 16.0. The number of allylic oxidation sites excluding steroid dienone is 1. The average molecular weight is 264 g/mol. The number of hydrogen-bond acceptors (Lipinski definition) is 5. The van der Waals surface area contributed by atoms with Crippen molar-refractivity contribution in [3.8, 4) is 0 Å². The minimum atomic E-state index is -0.676. The number of furan rings is 1. The zero-order valence-corrected chi connectivity index (χ0v) is 11.1. The van der Waals surface area contributed by atoms with E-state index >= 15 is 0 Å². The van der Waals surface area contributed by atoms with E-state index in [0.717, 1.165) is 0 Å². The minimum absolute atomic E-state index is 0.0528. The molecule has 19 heavy (non-hydrogen) atoms. The zero-order valence-electron chi connectivity index (χ0n) is 11.1. The highest BCUT2D eigenvalue weighted by Crippen LogP contribution is 2.27. The summed E-state index contributed by atoms with van der Waals surface area (Å²) in [7, 11) is 0. The third-order valence-electron chi connectivity index (χ3n) is 2.99. The molecule has 0 aromatic carbocycles. The summed E-state index contributed by atoms with van der Waals surface area (Å²) in [5.41, 5.74) is 0. The molecule has 5 nitrogen and oxygen atoms in total. The van der Waals surface area contributed by atoms with Crippen molar-refractivity contribution >= 4 is 11.6 Å². The number of Topliss-reactive ketones (excluding diaryl/α,β-unsaturated/α-hetero) is 2. The van der Waals surface area contributed by atoms with Crippen molar-refractivity contribution in [3.05, 3.63) is 35.7 Å². The Balaban J connectivity index is 2.00. The smallest absolute Gasteiger partial charge is 0.237 e. The van der Waals surface area contributed by atoms with E-state index < -0.39 is 12.2 Å². The van der Waals surface area contributed by atoms with Crippen LogP contribution in [0.15, 0.2) is 34.3 Å². The van der Waals surface area contributed by atoms with Gasteiger partial charge in [0.2, 0.25) is 5.78 Å². The van der Waals surface area contributed by atoms with Crippen LogP contribution in [0.3, 0.4) is 0 Å². The van der Waals surface area contributed by atoms with Crippen LogP contribution in [0.5, 0.6) is 0 Å². The van der Waals surface area contributed by atoms with Crippen LogP contribution in [0, 0.1) is 0 Å². The molecule has 1 aromatic rings. The molecule has 0 fully saturated rings. The van der Waals surface area contributed by atoms with Crippen LogP contribution in [0.1, 0.15) is 37.7 Å². The van der Waals surface area contributed by atoms with Gasteiger partial charge >= 0.3 is 0 Å². The lowest BCUT2D eigenvalue weighted by molar-refractivity contribution is -0.124. The molecule has 2 heterocycles. The van der Waals surface area contributed by atoms with Gasteiger partial charge in [-0.3, -0.25) is 9.59 Å². The van der Waals surface area contributed by atoms with Gasteiger partial charge in [-0.15, -0.1) is 0 Å². The molecule has 0 aliphatic carbocycles. The first-order chi connectivity index (χ1) is 8.99. The Labute approximate surface area is 111 Å². The van der Waals surface area contributed by atoms with Crippen LogP contribution >= 0.6 is 0 Å². The monoisotopic (exact) mass is 264 g/mol. The second-order valence-corrected chi connectivity index (χ2v) is 4.50. The first-order valence-corrected chi connectivity index (χ1v) is 6.10. The van der Waals surface area contributed by atoms with Gasteiger partial charge in [0.05, 0.1) is 12.7 Å². The summed E-state index contributed by atoms with van der Waals surface area (Å²) in [6.45, 7) is 4.84. The summed E-state index contributed by atoms with van der Waals surface area (Å²) in [5, 5.41) is 0. The molecular formula is C14H16O5.